The topological polar surface area (TPSA) is 143 Å². The van der Waals surface area contributed by atoms with E-state index in [9.17, 15) is 14.7 Å². The standard InChI is InChI=1S/C14H22N4O5/c1-7(2)12(16)13(20)22-6-9-8(19)5-11(23-9)18-4-3-10(15)17-14(18)21/h3-4,7-9,11-12,19H,5-6,16H2,1-2H3,(H2,15,17,21)/t8-,9+,11+,12-/m0/s1. The number of nitrogens with two attached hydrogens (primary N) is 2. The van der Waals surface area contributed by atoms with Crippen molar-refractivity contribution in [2.45, 2.75) is 44.7 Å². The van der Waals surface area contributed by atoms with Gasteiger partial charge in [0.05, 0.1) is 6.10 Å². The van der Waals surface area contributed by atoms with Crippen molar-refractivity contribution >= 4 is 11.8 Å². The molecule has 4 atom stereocenters. The number of hydrogen-bond acceptors (Lipinski definition) is 8. The zero-order chi connectivity index (χ0) is 17.1. The van der Waals surface area contributed by atoms with Gasteiger partial charge in [0.1, 0.15) is 30.8 Å². The minimum atomic E-state index is -0.868. The molecule has 0 aromatic carbocycles. The van der Waals surface area contributed by atoms with Gasteiger partial charge in [0.25, 0.3) is 0 Å². The third-order valence-corrected chi connectivity index (χ3v) is 3.75. The van der Waals surface area contributed by atoms with Crippen molar-refractivity contribution in [1.29, 1.82) is 0 Å². The first-order chi connectivity index (χ1) is 10.8. The molecule has 1 fully saturated rings. The predicted molar refractivity (Wildman–Crippen MR) is 81.2 cm³/mol. The summed E-state index contributed by atoms with van der Waals surface area (Å²) >= 11 is 0. The van der Waals surface area contributed by atoms with Gasteiger partial charge in [-0.2, -0.15) is 4.98 Å². The van der Waals surface area contributed by atoms with Crippen molar-refractivity contribution in [3.8, 4) is 0 Å². The second-order valence-corrected chi connectivity index (χ2v) is 5.87. The van der Waals surface area contributed by atoms with Crippen molar-refractivity contribution in [1.82, 2.24) is 9.55 Å². The Balaban J connectivity index is 1.96. The maximum atomic E-state index is 11.8. The molecule has 0 spiro atoms. The Kier molecular flexibility index (Phi) is 5.34. The molecule has 2 heterocycles. The normalized spacial score (nSPS) is 25.5. The van der Waals surface area contributed by atoms with Crippen LogP contribution >= 0.6 is 0 Å². The zero-order valence-corrected chi connectivity index (χ0v) is 13.1. The van der Waals surface area contributed by atoms with E-state index < -0.39 is 36.1 Å². The van der Waals surface area contributed by atoms with Crippen LogP contribution in [0.4, 0.5) is 5.82 Å². The first-order valence-corrected chi connectivity index (χ1v) is 7.40. The largest absolute Gasteiger partial charge is 0.462 e. The van der Waals surface area contributed by atoms with E-state index in [4.69, 9.17) is 20.9 Å². The summed E-state index contributed by atoms with van der Waals surface area (Å²) in [6, 6.07) is 0.736. The van der Waals surface area contributed by atoms with Crippen molar-refractivity contribution in [3.63, 3.8) is 0 Å². The fraction of sp³-hybridized carbons (Fsp3) is 0.643. The number of nitrogen functional groups attached to an aromatic ring is 1. The Morgan fingerprint density at radius 2 is 2.30 bits per heavy atom. The summed E-state index contributed by atoms with van der Waals surface area (Å²) in [4.78, 5) is 27.1. The van der Waals surface area contributed by atoms with Crippen LogP contribution in [0.2, 0.25) is 0 Å². The summed E-state index contributed by atoms with van der Waals surface area (Å²) in [6.07, 6.45) is -0.650. The number of aliphatic hydroxyl groups excluding tert-OH is 1. The van der Waals surface area contributed by atoms with Gasteiger partial charge in [-0.05, 0) is 12.0 Å². The number of carbonyl (C=O) groups is 1. The van der Waals surface area contributed by atoms with E-state index in [0.29, 0.717) is 0 Å². The maximum absolute atomic E-state index is 11.8. The summed E-state index contributed by atoms with van der Waals surface area (Å²) in [5.74, 6) is -0.493. The molecule has 1 aliphatic rings. The first kappa shape index (κ1) is 17.4. The lowest BCUT2D eigenvalue weighted by atomic mass is 10.1. The van der Waals surface area contributed by atoms with Crippen LogP contribution in [-0.4, -0.2) is 45.5 Å². The van der Waals surface area contributed by atoms with E-state index in [1.807, 2.05) is 13.8 Å². The third-order valence-electron chi connectivity index (χ3n) is 3.75. The van der Waals surface area contributed by atoms with Crippen molar-refractivity contribution < 1.29 is 19.4 Å². The summed E-state index contributed by atoms with van der Waals surface area (Å²) in [5, 5.41) is 10.0. The van der Waals surface area contributed by atoms with Gasteiger partial charge in [-0.3, -0.25) is 9.36 Å². The van der Waals surface area contributed by atoms with Gasteiger partial charge < -0.3 is 26.0 Å². The van der Waals surface area contributed by atoms with Crippen LogP contribution in [0, 0.1) is 5.92 Å². The molecule has 5 N–H and O–H groups in total. The summed E-state index contributed by atoms with van der Waals surface area (Å²) in [7, 11) is 0. The van der Waals surface area contributed by atoms with Crippen molar-refractivity contribution in [2.75, 3.05) is 12.3 Å². The SMILES string of the molecule is CC(C)[C@H](N)C(=O)OC[C@H]1O[C@@H](n2ccc(N)nc2=O)C[C@@H]1O. The molecule has 0 radical (unpaired) electrons. The van der Waals surface area contributed by atoms with Gasteiger partial charge in [0.2, 0.25) is 0 Å². The monoisotopic (exact) mass is 326 g/mol. The fourth-order valence-corrected chi connectivity index (χ4v) is 2.21. The smallest absolute Gasteiger partial charge is 0.351 e. The van der Waals surface area contributed by atoms with Gasteiger partial charge >= 0.3 is 11.7 Å². The molecule has 9 nitrogen and oxygen atoms in total. The molecule has 1 aromatic rings. The van der Waals surface area contributed by atoms with Crippen LogP contribution in [0.25, 0.3) is 0 Å². The lowest BCUT2D eigenvalue weighted by Gasteiger charge is -2.18. The number of rotatable bonds is 5. The molecule has 0 saturated carbocycles. The highest BCUT2D eigenvalue weighted by Gasteiger charge is 2.36. The lowest BCUT2D eigenvalue weighted by molar-refractivity contribution is -0.152. The Hall–Kier alpha value is -1.97. The molecule has 0 unspecified atom stereocenters. The van der Waals surface area contributed by atoms with E-state index in [2.05, 4.69) is 4.98 Å². The van der Waals surface area contributed by atoms with Gasteiger partial charge in [0, 0.05) is 12.6 Å². The molecule has 2 rings (SSSR count). The first-order valence-electron chi connectivity index (χ1n) is 7.40. The number of hydrogen-bond donors (Lipinski definition) is 3. The summed E-state index contributed by atoms with van der Waals surface area (Å²) in [6.45, 7) is 3.49. The number of carbonyl (C=O) groups excluding carboxylic acids is 1. The van der Waals surface area contributed by atoms with Crippen LogP contribution < -0.4 is 17.2 Å². The van der Waals surface area contributed by atoms with Gasteiger partial charge in [-0.25, -0.2) is 4.79 Å². The number of nitrogens with zero attached hydrogens (tertiary/aromatic N) is 2. The number of aromatic nitrogens is 2. The minimum absolute atomic E-state index is 0.0518. The molecule has 1 saturated heterocycles. The Bertz CT molecular complexity index is 617. The summed E-state index contributed by atoms with van der Waals surface area (Å²) in [5.41, 5.74) is 10.6. The van der Waals surface area contributed by atoms with E-state index in [0.717, 1.165) is 0 Å². The Morgan fingerprint density at radius 1 is 1.61 bits per heavy atom. The van der Waals surface area contributed by atoms with Crippen LogP contribution in [-0.2, 0) is 14.3 Å². The molecule has 128 valence electrons. The molecule has 1 aromatic heterocycles. The van der Waals surface area contributed by atoms with Crippen molar-refractivity contribution in [2.24, 2.45) is 11.7 Å². The van der Waals surface area contributed by atoms with Gasteiger partial charge in [-0.1, -0.05) is 13.8 Å². The van der Waals surface area contributed by atoms with E-state index in [1.165, 1.54) is 16.8 Å². The second-order valence-electron chi connectivity index (χ2n) is 5.87. The Labute approximate surface area is 133 Å². The highest BCUT2D eigenvalue weighted by atomic mass is 16.6. The van der Waals surface area contributed by atoms with E-state index in [1.54, 1.807) is 0 Å². The molecular formula is C14H22N4O5. The van der Waals surface area contributed by atoms with Crippen LogP contribution in [0.15, 0.2) is 17.1 Å². The van der Waals surface area contributed by atoms with Crippen LogP contribution in [0.3, 0.4) is 0 Å². The number of ether oxygens (including phenoxy) is 2. The number of esters is 1. The number of anilines is 1. The second kappa shape index (κ2) is 7.07. The van der Waals surface area contributed by atoms with E-state index >= 15 is 0 Å². The van der Waals surface area contributed by atoms with Gasteiger partial charge in [-0.15, -0.1) is 0 Å². The molecular weight excluding hydrogens is 304 g/mol. The van der Waals surface area contributed by atoms with Gasteiger partial charge in [0.15, 0.2) is 0 Å². The molecule has 0 amide bonds. The number of aliphatic hydroxyl groups is 1. The van der Waals surface area contributed by atoms with Crippen LogP contribution in [0.1, 0.15) is 26.5 Å². The average molecular weight is 326 g/mol. The highest BCUT2D eigenvalue weighted by Crippen LogP contribution is 2.27. The van der Waals surface area contributed by atoms with E-state index in [-0.39, 0.29) is 24.8 Å². The maximum Gasteiger partial charge on any atom is 0.351 e. The summed E-state index contributed by atoms with van der Waals surface area (Å²) < 4.78 is 11.9. The molecule has 1 aliphatic heterocycles. The highest BCUT2D eigenvalue weighted by molar-refractivity contribution is 5.75. The Morgan fingerprint density at radius 3 is 2.91 bits per heavy atom. The predicted octanol–water partition coefficient (Wildman–Crippen LogP) is -1.000. The average Bonchev–Trinajstić information content (AvgIpc) is 2.84. The van der Waals surface area contributed by atoms with Crippen molar-refractivity contribution in [3.05, 3.63) is 22.7 Å². The lowest BCUT2D eigenvalue weighted by Crippen LogP contribution is -2.39. The third kappa shape index (κ3) is 4.06. The minimum Gasteiger partial charge on any atom is -0.462 e. The molecule has 9 heteroatoms. The zero-order valence-electron chi connectivity index (χ0n) is 13.1. The molecule has 0 bridgehead atoms. The quantitative estimate of drug-likeness (QED) is 0.585. The molecule has 23 heavy (non-hydrogen) atoms. The van der Waals surface area contributed by atoms with Crippen LogP contribution in [0.5, 0.6) is 0 Å². The molecule has 0 aliphatic carbocycles. The fourth-order valence-electron chi connectivity index (χ4n) is 2.21.